The highest BCUT2D eigenvalue weighted by atomic mass is 16.3. The van der Waals surface area contributed by atoms with Crippen LogP contribution in [0.1, 0.15) is 438 Å². The molecule has 0 aliphatic heterocycles. The lowest BCUT2D eigenvalue weighted by Gasteiger charge is -2.27. The smallest absolute Gasteiger partial charge is 0.249 e. The van der Waals surface area contributed by atoms with Gasteiger partial charge in [-0.1, -0.05) is 411 Å². The molecule has 0 saturated carbocycles. The van der Waals surface area contributed by atoms with Gasteiger partial charge in [0.1, 0.15) is 12.2 Å². The van der Waals surface area contributed by atoms with Gasteiger partial charge in [0, 0.05) is 0 Å². The summed E-state index contributed by atoms with van der Waals surface area (Å²) >= 11 is 0. The second-order valence-corrected chi connectivity index (χ2v) is 26.7. The van der Waals surface area contributed by atoms with Crippen molar-refractivity contribution in [2.24, 2.45) is 0 Å². The first-order chi connectivity index (χ1) is 40.5. The minimum absolute atomic E-state index is 0.374. The van der Waals surface area contributed by atoms with Crippen molar-refractivity contribution in [1.82, 2.24) is 5.32 Å². The average molecular weight is 1160 g/mol. The van der Waals surface area contributed by atoms with Crippen LogP contribution in [0.5, 0.6) is 0 Å². The molecule has 6 heteroatoms. The summed E-state index contributed by atoms with van der Waals surface area (Å²) in [5.74, 6) is -0.574. The number of unbranched alkanes of at least 4 members (excludes halogenated alkanes) is 61. The van der Waals surface area contributed by atoms with E-state index in [0.717, 1.165) is 38.5 Å². The molecule has 0 aromatic carbocycles. The number of hydrogen-bond donors (Lipinski definition) is 5. The molecule has 0 radical (unpaired) electrons. The van der Waals surface area contributed by atoms with Crippen molar-refractivity contribution in [3.8, 4) is 0 Å². The van der Waals surface area contributed by atoms with Gasteiger partial charge in [-0.05, 0) is 38.5 Å². The van der Waals surface area contributed by atoms with Crippen LogP contribution >= 0.6 is 0 Å². The van der Waals surface area contributed by atoms with E-state index in [4.69, 9.17) is 0 Å². The maximum Gasteiger partial charge on any atom is 0.249 e. The molecule has 0 fully saturated rings. The Labute approximate surface area is 514 Å². The first kappa shape index (κ1) is 81.0. The molecule has 0 heterocycles. The standard InChI is InChI=1S/C76H151NO5/c1-3-5-7-9-11-13-15-17-19-21-23-25-27-29-31-33-35-36-37-38-39-40-42-44-46-48-50-52-54-56-58-60-62-64-66-68-70-74(80)76(82)77-72(71-78)75(81)73(79)69-67-65-63-61-59-57-55-53-51-49-47-45-43-41-34-32-30-28-26-24-22-20-18-16-14-12-10-8-6-4-2/h36-37,72-75,78-81H,3-35,38-71H2,1-2H3,(H,77,82)/b37-36-. The number of carbonyl (C=O) groups is 1. The number of allylic oxidation sites excluding steroid dienone is 2. The van der Waals surface area contributed by atoms with Crippen LogP contribution in [0.2, 0.25) is 0 Å². The van der Waals surface area contributed by atoms with Crippen LogP contribution < -0.4 is 5.32 Å². The number of hydrogen-bond acceptors (Lipinski definition) is 5. The van der Waals surface area contributed by atoms with Crippen LogP contribution in [0.15, 0.2) is 12.2 Å². The zero-order valence-electron chi connectivity index (χ0n) is 56.0. The largest absolute Gasteiger partial charge is 0.394 e. The minimum Gasteiger partial charge on any atom is -0.394 e. The third kappa shape index (κ3) is 63.5. The third-order valence-electron chi connectivity index (χ3n) is 18.5. The molecule has 0 aliphatic rings. The van der Waals surface area contributed by atoms with Gasteiger partial charge in [0.15, 0.2) is 0 Å². The lowest BCUT2D eigenvalue weighted by atomic mass is 9.99. The number of aliphatic hydroxyl groups is 4. The van der Waals surface area contributed by atoms with E-state index in [9.17, 15) is 25.2 Å². The Kier molecular flexibility index (Phi) is 70.0. The summed E-state index contributed by atoms with van der Waals surface area (Å²) in [5, 5.41) is 44.3. The van der Waals surface area contributed by atoms with Gasteiger partial charge in [-0.25, -0.2) is 0 Å². The lowest BCUT2D eigenvalue weighted by molar-refractivity contribution is -0.132. The van der Waals surface area contributed by atoms with Crippen LogP contribution in [0.3, 0.4) is 0 Å². The van der Waals surface area contributed by atoms with Crippen molar-refractivity contribution in [2.75, 3.05) is 6.61 Å². The van der Waals surface area contributed by atoms with E-state index in [0.29, 0.717) is 12.8 Å². The van der Waals surface area contributed by atoms with Gasteiger partial charge in [-0.15, -0.1) is 0 Å². The second-order valence-electron chi connectivity index (χ2n) is 26.7. The van der Waals surface area contributed by atoms with Gasteiger partial charge in [-0.3, -0.25) is 4.79 Å². The van der Waals surface area contributed by atoms with Gasteiger partial charge in [-0.2, -0.15) is 0 Å². The molecule has 0 aliphatic carbocycles. The van der Waals surface area contributed by atoms with Gasteiger partial charge < -0.3 is 25.7 Å². The fraction of sp³-hybridized carbons (Fsp3) is 0.961. The molecular formula is C76H151NO5. The normalized spacial score (nSPS) is 13.4. The van der Waals surface area contributed by atoms with Crippen LogP contribution in [0.4, 0.5) is 0 Å². The number of aliphatic hydroxyl groups excluding tert-OH is 4. The Morgan fingerprint density at radius 3 is 0.707 bits per heavy atom. The molecule has 0 aromatic heterocycles. The predicted molar refractivity (Wildman–Crippen MR) is 362 cm³/mol. The Bertz CT molecular complexity index is 1210. The van der Waals surface area contributed by atoms with Crippen molar-refractivity contribution in [3.63, 3.8) is 0 Å². The van der Waals surface area contributed by atoms with Gasteiger partial charge >= 0.3 is 0 Å². The molecular weight excluding hydrogens is 1010 g/mol. The van der Waals surface area contributed by atoms with Crippen LogP contribution in [0.25, 0.3) is 0 Å². The second kappa shape index (κ2) is 70.8. The monoisotopic (exact) mass is 1160 g/mol. The minimum atomic E-state index is -1.26. The maximum atomic E-state index is 12.7. The average Bonchev–Trinajstić information content (AvgIpc) is 3.49. The van der Waals surface area contributed by atoms with Gasteiger partial charge in [0.2, 0.25) is 5.91 Å². The van der Waals surface area contributed by atoms with Crippen LogP contribution in [0, 0.1) is 0 Å². The van der Waals surface area contributed by atoms with Crippen molar-refractivity contribution in [2.45, 2.75) is 462 Å². The van der Waals surface area contributed by atoms with E-state index in [-0.39, 0.29) is 0 Å². The summed E-state index contributed by atoms with van der Waals surface area (Å²) in [5.41, 5.74) is 0. The summed E-state index contributed by atoms with van der Waals surface area (Å²) in [6, 6.07) is -0.985. The zero-order valence-corrected chi connectivity index (χ0v) is 56.0. The Morgan fingerprint density at radius 2 is 0.488 bits per heavy atom. The number of rotatable bonds is 72. The summed E-state index contributed by atoms with van der Waals surface area (Å²) in [6.07, 6.45) is 89.4. The molecule has 1 amide bonds. The summed E-state index contributed by atoms with van der Waals surface area (Å²) in [4.78, 5) is 12.7. The van der Waals surface area contributed by atoms with Crippen molar-refractivity contribution in [1.29, 1.82) is 0 Å². The van der Waals surface area contributed by atoms with Crippen molar-refractivity contribution < 1.29 is 25.2 Å². The quantitative estimate of drug-likeness (QED) is 0.0308. The molecule has 0 spiro atoms. The molecule has 0 aromatic rings. The highest BCUT2D eigenvalue weighted by Gasteiger charge is 2.29. The lowest BCUT2D eigenvalue weighted by Crippen LogP contribution is -2.53. The first-order valence-electron chi connectivity index (χ1n) is 38.1. The van der Waals surface area contributed by atoms with Crippen molar-refractivity contribution in [3.05, 3.63) is 12.2 Å². The van der Waals surface area contributed by atoms with Crippen molar-refractivity contribution >= 4 is 5.91 Å². The first-order valence-corrected chi connectivity index (χ1v) is 38.1. The summed E-state index contributed by atoms with van der Waals surface area (Å²) < 4.78 is 0. The highest BCUT2D eigenvalue weighted by molar-refractivity contribution is 5.80. The molecule has 5 N–H and O–H groups in total. The van der Waals surface area contributed by atoms with Gasteiger partial charge in [0.25, 0.3) is 0 Å². The molecule has 0 rings (SSSR count). The third-order valence-corrected chi connectivity index (χ3v) is 18.5. The zero-order chi connectivity index (χ0) is 59.4. The molecule has 82 heavy (non-hydrogen) atoms. The van der Waals surface area contributed by atoms with E-state index in [1.807, 2.05) is 0 Å². The molecule has 490 valence electrons. The van der Waals surface area contributed by atoms with Crippen LogP contribution in [-0.4, -0.2) is 57.3 Å². The Balaban J connectivity index is 3.49. The van der Waals surface area contributed by atoms with E-state index >= 15 is 0 Å². The van der Waals surface area contributed by atoms with Crippen LogP contribution in [-0.2, 0) is 4.79 Å². The number of carbonyl (C=O) groups excluding carboxylic acids is 1. The fourth-order valence-electron chi connectivity index (χ4n) is 12.6. The van der Waals surface area contributed by atoms with Gasteiger partial charge in [0.05, 0.1) is 18.8 Å². The van der Waals surface area contributed by atoms with E-state index in [1.165, 1.54) is 372 Å². The predicted octanol–water partition coefficient (Wildman–Crippen LogP) is 23.9. The number of amides is 1. The summed E-state index contributed by atoms with van der Waals surface area (Å²) in [7, 11) is 0. The molecule has 4 unspecified atom stereocenters. The van der Waals surface area contributed by atoms with E-state index < -0.39 is 36.9 Å². The Morgan fingerprint density at radius 1 is 0.293 bits per heavy atom. The maximum absolute atomic E-state index is 12.7. The molecule has 0 bridgehead atoms. The molecule has 6 nitrogen and oxygen atoms in total. The molecule has 0 saturated heterocycles. The highest BCUT2D eigenvalue weighted by Crippen LogP contribution is 2.21. The SMILES string of the molecule is CCCCCCCCCCCCCCCCCC/C=C\CCCCCCCCCCCCCCCCCCC(O)C(=O)NC(CO)C(O)C(O)CCCCCCCCCCCCCCCCCCCCCCCCCCCCCCCC. The Hall–Kier alpha value is -0.950. The number of nitrogens with one attached hydrogen (secondary N) is 1. The fourth-order valence-corrected chi connectivity index (χ4v) is 12.6. The topological polar surface area (TPSA) is 110 Å². The summed E-state index contributed by atoms with van der Waals surface area (Å²) in [6.45, 7) is 4.12. The van der Waals surface area contributed by atoms with E-state index in [1.54, 1.807) is 0 Å². The van der Waals surface area contributed by atoms with E-state index in [2.05, 4.69) is 31.3 Å². The molecule has 4 atom stereocenters.